The van der Waals surface area contributed by atoms with Crippen LogP contribution in [0.1, 0.15) is 28.9 Å². The molecule has 4 rings (SSSR count). The lowest BCUT2D eigenvalue weighted by Crippen LogP contribution is -2.29. The molecule has 0 atom stereocenters. The Labute approximate surface area is 193 Å². The fraction of sp³-hybridized carbons (Fsp3) is 0.350. The topological polar surface area (TPSA) is 102 Å². The van der Waals surface area contributed by atoms with Crippen molar-refractivity contribution in [1.29, 1.82) is 0 Å². The van der Waals surface area contributed by atoms with E-state index >= 15 is 0 Å². The number of aryl methyl sites for hydroxylation is 1. The van der Waals surface area contributed by atoms with Crippen LogP contribution in [-0.2, 0) is 0 Å². The summed E-state index contributed by atoms with van der Waals surface area (Å²) in [5.74, 6) is 0.188. The highest BCUT2D eigenvalue weighted by Gasteiger charge is 2.21. The van der Waals surface area contributed by atoms with Gasteiger partial charge < -0.3 is 10.1 Å². The molecular formula is C20H21ClN6O2S2. The van der Waals surface area contributed by atoms with Gasteiger partial charge in [-0.1, -0.05) is 34.7 Å². The van der Waals surface area contributed by atoms with E-state index in [9.17, 15) is 4.79 Å². The molecule has 8 nitrogen and oxygen atoms in total. The van der Waals surface area contributed by atoms with Crippen molar-refractivity contribution in [2.24, 2.45) is 0 Å². The lowest BCUT2D eigenvalue weighted by atomic mass is 10.0. The summed E-state index contributed by atoms with van der Waals surface area (Å²) in [5, 5.41) is 15.8. The van der Waals surface area contributed by atoms with Gasteiger partial charge in [-0.15, -0.1) is 10.2 Å². The normalized spacial score (nSPS) is 14.4. The third-order valence-corrected chi connectivity index (χ3v) is 7.28. The van der Waals surface area contributed by atoms with Crippen LogP contribution in [0.25, 0.3) is 11.1 Å². The van der Waals surface area contributed by atoms with Gasteiger partial charge in [0.1, 0.15) is 10.9 Å². The average molecular weight is 477 g/mol. The van der Waals surface area contributed by atoms with Crippen LogP contribution in [0.15, 0.2) is 28.9 Å². The molecule has 31 heavy (non-hydrogen) atoms. The number of ether oxygens (including phenoxy) is 1. The van der Waals surface area contributed by atoms with E-state index in [0.29, 0.717) is 38.0 Å². The summed E-state index contributed by atoms with van der Waals surface area (Å²) in [5.41, 5.74) is 2.46. The number of hydrogen-bond donors (Lipinski definition) is 2. The number of methoxy groups -OCH3 is 1. The monoisotopic (exact) mass is 476 g/mol. The van der Waals surface area contributed by atoms with Crippen molar-refractivity contribution in [3.63, 3.8) is 0 Å². The summed E-state index contributed by atoms with van der Waals surface area (Å²) in [7, 11) is 1.55. The Morgan fingerprint density at radius 3 is 2.81 bits per heavy atom. The number of carbonyl (C=O) groups is 1. The molecule has 0 unspecified atom stereocenters. The predicted molar refractivity (Wildman–Crippen MR) is 123 cm³/mol. The van der Waals surface area contributed by atoms with E-state index in [0.717, 1.165) is 36.0 Å². The molecule has 0 aliphatic carbocycles. The van der Waals surface area contributed by atoms with Crippen molar-refractivity contribution in [2.45, 2.75) is 29.4 Å². The molecule has 0 bridgehead atoms. The molecule has 0 spiro atoms. The Bertz CT molecular complexity index is 1090. The summed E-state index contributed by atoms with van der Waals surface area (Å²) in [6, 6.07) is 3.49. The number of carbonyl (C=O) groups excluding carboxylic acids is 1. The minimum absolute atomic E-state index is 0.306. The first-order chi connectivity index (χ1) is 15.0. The van der Waals surface area contributed by atoms with E-state index in [1.54, 1.807) is 31.1 Å². The Kier molecular flexibility index (Phi) is 7.01. The standard InChI is InChI=1S/C20H21ClN6O2S2/c1-11-7-13(14-8-17(21)24-10-16(14)29-2)15(9-23-11)18(28)25-19-26-27-20(31-19)30-12-3-5-22-6-4-12/h7-10,12,22H,3-6H2,1-2H3,(H,25,26,28). The quantitative estimate of drug-likeness (QED) is 0.405. The van der Waals surface area contributed by atoms with Crippen LogP contribution in [0.4, 0.5) is 5.13 Å². The molecule has 3 aromatic heterocycles. The van der Waals surface area contributed by atoms with Gasteiger partial charge in [-0.2, -0.15) is 0 Å². The van der Waals surface area contributed by atoms with E-state index in [1.807, 2.05) is 13.0 Å². The number of hydrogen-bond acceptors (Lipinski definition) is 9. The number of nitrogens with one attached hydrogen (secondary N) is 2. The van der Waals surface area contributed by atoms with Gasteiger partial charge in [0.05, 0.1) is 18.9 Å². The average Bonchev–Trinajstić information content (AvgIpc) is 3.20. The third kappa shape index (κ3) is 5.32. The first-order valence-electron chi connectivity index (χ1n) is 9.72. The Morgan fingerprint density at radius 2 is 2.03 bits per heavy atom. The summed E-state index contributed by atoms with van der Waals surface area (Å²) in [6.07, 6.45) is 5.27. The number of pyridine rings is 2. The molecule has 1 aliphatic rings. The van der Waals surface area contributed by atoms with Gasteiger partial charge in [-0.3, -0.25) is 15.1 Å². The van der Waals surface area contributed by atoms with Gasteiger partial charge in [0.25, 0.3) is 5.91 Å². The molecule has 1 fully saturated rings. The highest BCUT2D eigenvalue weighted by Crippen LogP contribution is 2.35. The SMILES string of the molecule is COc1cnc(Cl)cc1-c1cc(C)ncc1C(=O)Nc1nnc(SC2CCNCC2)s1. The van der Waals surface area contributed by atoms with Gasteiger partial charge in [0.15, 0.2) is 4.34 Å². The van der Waals surface area contributed by atoms with E-state index in [2.05, 4.69) is 30.8 Å². The van der Waals surface area contributed by atoms with Crippen LogP contribution in [0.2, 0.25) is 5.15 Å². The molecule has 3 aromatic rings. The van der Waals surface area contributed by atoms with Gasteiger partial charge in [0.2, 0.25) is 5.13 Å². The molecular weight excluding hydrogens is 456 g/mol. The second kappa shape index (κ2) is 9.90. The van der Waals surface area contributed by atoms with Crippen molar-refractivity contribution < 1.29 is 9.53 Å². The number of piperidine rings is 1. The number of nitrogens with zero attached hydrogens (tertiary/aromatic N) is 4. The molecule has 2 N–H and O–H groups in total. The molecule has 0 radical (unpaired) electrons. The van der Waals surface area contributed by atoms with Gasteiger partial charge in [-0.05, 0) is 45.0 Å². The number of amides is 1. The fourth-order valence-corrected chi connectivity index (χ4v) is 5.59. The molecule has 11 heteroatoms. The molecule has 1 saturated heterocycles. The van der Waals surface area contributed by atoms with Gasteiger partial charge >= 0.3 is 0 Å². The first kappa shape index (κ1) is 21.9. The van der Waals surface area contributed by atoms with Crippen molar-refractivity contribution in [3.8, 4) is 16.9 Å². The summed E-state index contributed by atoms with van der Waals surface area (Å²) in [6.45, 7) is 3.90. The Morgan fingerprint density at radius 1 is 1.23 bits per heavy atom. The summed E-state index contributed by atoms with van der Waals surface area (Å²) in [4.78, 5) is 21.4. The number of aromatic nitrogens is 4. The minimum Gasteiger partial charge on any atom is -0.494 e. The Balaban J connectivity index is 1.57. The van der Waals surface area contributed by atoms with Crippen LogP contribution in [0.5, 0.6) is 5.75 Å². The highest BCUT2D eigenvalue weighted by molar-refractivity contribution is 8.01. The van der Waals surface area contributed by atoms with Crippen molar-refractivity contribution in [2.75, 3.05) is 25.5 Å². The number of anilines is 1. The maximum absolute atomic E-state index is 13.1. The molecule has 162 valence electrons. The van der Waals surface area contributed by atoms with Crippen molar-refractivity contribution in [3.05, 3.63) is 40.9 Å². The van der Waals surface area contributed by atoms with Crippen molar-refractivity contribution in [1.82, 2.24) is 25.5 Å². The summed E-state index contributed by atoms with van der Waals surface area (Å²) >= 11 is 9.20. The smallest absolute Gasteiger partial charge is 0.259 e. The van der Waals surface area contributed by atoms with Crippen molar-refractivity contribution >= 4 is 45.7 Å². The number of rotatable bonds is 6. The second-order valence-corrected chi connectivity index (χ2v) is 9.89. The van der Waals surface area contributed by atoms with Gasteiger partial charge in [-0.25, -0.2) is 4.98 Å². The number of thioether (sulfide) groups is 1. The lowest BCUT2D eigenvalue weighted by Gasteiger charge is -2.20. The van der Waals surface area contributed by atoms with Crippen LogP contribution >= 0.6 is 34.7 Å². The molecule has 0 saturated carbocycles. The molecule has 4 heterocycles. The van der Waals surface area contributed by atoms with E-state index in [-0.39, 0.29) is 5.91 Å². The predicted octanol–water partition coefficient (Wildman–Crippen LogP) is 4.06. The zero-order valence-electron chi connectivity index (χ0n) is 17.0. The van der Waals surface area contributed by atoms with Crippen LogP contribution in [0.3, 0.4) is 0 Å². The second-order valence-electron chi connectivity index (χ2n) is 6.97. The fourth-order valence-electron chi connectivity index (χ4n) is 3.28. The number of halogens is 1. The third-order valence-electron chi connectivity index (χ3n) is 4.81. The van der Waals surface area contributed by atoms with E-state index in [1.165, 1.54) is 17.5 Å². The summed E-state index contributed by atoms with van der Waals surface area (Å²) < 4.78 is 6.28. The zero-order valence-corrected chi connectivity index (χ0v) is 19.4. The highest BCUT2D eigenvalue weighted by atomic mass is 35.5. The molecule has 0 aromatic carbocycles. The molecule has 1 aliphatic heterocycles. The zero-order chi connectivity index (χ0) is 21.8. The van der Waals surface area contributed by atoms with E-state index in [4.69, 9.17) is 16.3 Å². The maximum atomic E-state index is 13.1. The van der Waals surface area contributed by atoms with Crippen LogP contribution in [0, 0.1) is 6.92 Å². The molecule has 1 amide bonds. The first-order valence-corrected chi connectivity index (χ1v) is 11.8. The Hall–Kier alpha value is -2.27. The van der Waals surface area contributed by atoms with E-state index < -0.39 is 0 Å². The van der Waals surface area contributed by atoms with Crippen LogP contribution in [-0.4, -0.2) is 51.5 Å². The maximum Gasteiger partial charge on any atom is 0.259 e. The lowest BCUT2D eigenvalue weighted by molar-refractivity contribution is 0.102. The largest absolute Gasteiger partial charge is 0.494 e. The van der Waals surface area contributed by atoms with Gasteiger partial charge in [0, 0.05) is 28.3 Å². The minimum atomic E-state index is -0.327. The van der Waals surface area contributed by atoms with Crippen LogP contribution < -0.4 is 15.4 Å².